The number of carboxylic acids is 1. The summed E-state index contributed by atoms with van der Waals surface area (Å²) in [5, 5.41) is 22.2. The normalized spacial score (nSPS) is 19.5. The average Bonchev–Trinajstić information content (AvgIpc) is 2.69. The van der Waals surface area contributed by atoms with Gasteiger partial charge in [0.2, 0.25) is 0 Å². The van der Waals surface area contributed by atoms with Crippen molar-refractivity contribution in [3.05, 3.63) is 28.8 Å². The van der Waals surface area contributed by atoms with Crippen LogP contribution in [0.25, 0.3) is 0 Å². The third-order valence-corrected chi connectivity index (χ3v) is 5.79. The molecule has 0 radical (unpaired) electrons. The summed E-state index contributed by atoms with van der Waals surface area (Å²) in [6, 6.07) is 3.74. The summed E-state index contributed by atoms with van der Waals surface area (Å²) in [6.45, 7) is 9.05. The van der Waals surface area contributed by atoms with Crippen molar-refractivity contribution in [3.8, 4) is 5.75 Å². The molecule has 0 aromatic heterocycles. The number of benzene rings is 1. The van der Waals surface area contributed by atoms with Crippen LogP contribution in [0.15, 0.2) is 12.1 Å². The molecule has 2 rings (SSSR count). The summed E-state index contributed by atoms with van der Waals surface area (Å²) in [4.78, 5) is 25.5. The Balaban J connectivity index is 1.87. The number of carbonyl (C=O) groups is 2. The summed E-state index contributed by atoms with van der Waals surface area (Å²) in [7, 11) is 0. The predicted octanol–water partition coefficient (Wildman–Crippen LogP) is 2.76. The minimum atomic E-state index is -0.793. The summed E-state index contributed by atoms with van der Waals surface area (Å²) in [5.74, 6) is -0.163. The number of nitrogens with one attached hydrogen (secondary N) is 1. The molecule has 1 aliphatic heterocycles. The predicted molar refractivity (Wildman–Crippen MR) is 116 cm³/mol. The number of β-amino-alcohol motifs (C(OH)–C–C–N with tert-alkyl or cyclic N) is 1. The van der Waals surface area contributed by atoms with Crippen LogP contribution in [-0.2, 0) is 4.79 Å². The second kappa shape index (κ2) is 11.9. The van der Waals surface area contributed by atoms with Crippen molar-refractivity contribution >= 4 is 11.9 Å². The van der Waals surface area contributed by atoms with E-state index >= 15 is 0 Å². The Morgan fingerprint density at radius 2 is 2.03 bits per heavy atom. The van der Waals surface area contributed by atoms with E-state index in [2.05, 4.69) is 17.1 Å². The van der Waals surface area contributed by atoms with Crippen LogP contribution < -0.4 is 10.1 Å². The van der Waals surface area contributed by atoms with E-state index < -0.39 is 12.1 Å². The van der Waals surface area contributed by atoms with E-state index in [0.717, 1.165) is 42.7 Å². The number of hydrogen-bond acceptors (Lipinski definition) is 5. The molecule has 1 aromatic rings. The van der Waals surface area contributed by atoms with E-state index in [9.17, 15) is 14.7 Å². The number of aliphatic carboxylic acids is 1. The maximum atomic E-state index is 12.8. The highest BCUT2D eigenvalue weighted by atomic mass is 16.5. The van der Waals surface area contributed by atoms with Crippen molar-refractivity contribution in [2.45, 2.75) is 59.0 Å². The number of nitrogens with zero attached hydrogens (tertiary/aromatic N) is 1. The number of unbranched alkanes of at least 4 members (excludes halogenated alkanes) is 1. The molecule has 1 aromatic carbocycles. The molecule has 7 nitrogen and oxygen atoms in total. The van der Waals surface area contributed by atoms with Crippen LogP contribution >= 0.6 is 0 Å². The average molecular weight is 421 g/mol. The third-order valence-electron chi connectivity index (χ3n) is 5.79. The van der Waals surface area contributed by atoms with E-state index in [-0.39, 0.29) is 18.2 Å². The number of amides is 1. The fourth-order valence-corrected chi connectivity index (χ4v) is 3.87. The van der Waals surface area contributed by atoms with Gasteiger partial charge in [0.05, 0.1) is 12.7 Å². The lowest BCUT2D eigenvalue weighted by Crippen LogP contribution is -2.47. The number of carbonyl (C=O) groups excluding carboxylic acids is 1. The molecule has 1 amide bonds. The van der Waals surface area contributed by atoms with Gasteiger partial charge in [-0.05, 0) is 57.8 Å². The van der Waals surface area contributed by atoms with Gasteiger partial charge in [-0.2, -0.15) is 0 Å². The zero-order valence-electron chi connectivity index (χ0n) is 18.4. The number of ether oxygens (including phenoxy) is 1. The summed E-state index contributed by atoms with van der Waals surface area (Å²) in [6.07, 6.45) is 3.00. The molecule has 1 heterocycles. The second-order valence-corrected chi connectivity index (χ2v) is 8.21. The number of likely N-dealkylation sites (tertiary alicyclic amines) is 1. The lowest BCUT2D eigenvalue weighted by atomic mass is 9.93. The molecule has 0 saturated carbocycles. The Labute approximate surface area is 179 Å². The van der Waals surface area contributed by atoms with Crippen LogP contribution in [0.3, 0.4) is 0 Å². The Morgan fingerprint density at radius 3 is 2.70 bits per heavy atom. The van der Waals surface area contributed by atoms with E-state index in [1.807, 2.05) is 26.0 Å². The first kappa shape index (κ1) is 24.2. The number of carboxylic acid groups (broad SMARTS) is 1. The highest BCUT2D eigenvalue weighted by Gasteiger charge is 2.28. The number of aliphatic hydroxyl groups is 1. The fraction of sp³-hybridized carbons (Fsp3) is 0.652. The molecular formula is C23H36N2O5. The Morgan fingerprint density at radius 1 is 1.27 bits per heavy atom. The van der Waals surface area contributed by atoms with Crippen LogP contribution in [0, 0.1) is 19.8 Å². The van der Waals surface area contributed by atoms with E-state index in [1.54, 1.807) is 0 Å². The largest absolute Gasteiger partial charge is 0.493 e. The molecule has 30 heavy (non-hydrogen) atoms. The van der Waals surface area contributed by atoms with Crippen LogP contribution in [0.2, 0.25) is 0 Å². The number of aryl methyl sites for hydroxylation is 1. The van der Waals surface area contributed by atoms with Gasteiger partial charge in [0, 0.05) is 36.6 Å². The molecule has 7 heteroatoms. The topological polar surface area (TPSA) is 99.1 Å². The first-order valence-electron chi connectivity index (χ1n) is 11.0. The minimum absolute atomic E-state index is 0.00398. The fourth-order valence-electron chi connectivity index (χ4n) is 3.87. The monoisotopic (exact) mass is 420 g/mol. The van der Waals surface area contributed by atoms with Crippen molar-refractivity contribution in [2.24, 2.45) is 5.92 Å². The number of hydrogen-bond donors (Lipinski definition) is 3. The van der Waals surface area contributed by atoms with E-state index in [4.69, 9.17) is 9.84 Å². The molecule has 0 spiro atoms. The molecule has 3 N–H and O–H groups in total. The molecule has 1 aliphatic rings. The first-order chi connectivity index (χ1) is 14.3. The van der Waals surface area contributed by atoms with E-state index in [1.165, 1.54) is 0 Å². The molecule has 1 fully saturated rings. The summed E-state index contributed by atoms with van der Waals surface area (Å²) in [5.41, 5.74) is 2.47. The van der Waals surface area contributed by atoms with Gasteiger partial charge in [-0.15, -0.1) is 0 Å². The molecule has 0 unspecified atom stereocenters. The van der Waals surface area contributed by atoms with E-state index in [0.29, 0.717) is 38.2 Å². The molecule has 2 atom stereocenters. The van der Waals surface area contributed by atoms with Gasteiger partial charge >= 0.3 is 5.97 Å². The lowest BCUT2D eigenvalue weighted by molar-refractivity contribution is -0.137. The number of aliphatic hydroxyl groups excluding tert-OH is 1. The van der Waals surface area contributed by atoms with Gasteiger partial charge in [0.15, 0.2) is 0 Å². The SMILES string of the molecule is CCCCOc1c(C)ccc(C(=O)NC[C@@H]2CCN(CCCC(=O)O)C[C@H]2O)c1C. The smallest absolute Gasteiger partial charge is 0.303 e. The quantitative estimate of drug-likeness (QED) is 0.476. The third kappa shape index (κ3) is 6.99. The van der Waals surface area contributed by atoms with Crippen LogP contribution in [-0.4, -0.2) is 65.9 Å². The molecule has 168 valence electrons. The molecular weight excluding hydrogens is 384 g/mol. The van der Waals surface area contributed by atoms with Crippen LogP contribution in [0.1, 0.15) is 60.5 Å². The lowest BCUT2D eigenvalue weighted by Gasteiger charge is -2.36. The number of rotatable bonds is 11. The maximum absolute atomic E-state index is 12.8. The molecule has 0 aliphatic carbocycles. The Hall–Kier alpha value is -2.12. The van der Waals surface area contributed by atoms with Crippen LogP contribution in [0.4, 0.5) is 0 Å². The minimum Gasteiger partial charge on any atom is -0.493 e. The van der Waals surface area contributed by atoms with Gasteiger partial charge in [0.25, 0.3) is 5.91 Å². The van der Waals surface area contributed by atoms with Gasteiger partial charge in [-0.1, -0.05) is 19.4 Å². The summed E-state index contributed by atoms with van der Waals surface area (Å²) < 4.78 is 5.91. The van der Waals surface area contributed by atoms with Crippen molar-refractivity contribution in [2.75, 3.05) is 32.8 Å². The zero-order valence-corrected chi connectivity index (χ0v) is 18.4. The molecule has 1 saturated heterocycles. The second-order valence-electron chi connectivity index (χ2n) is 8.21. The van der Waals surface area contributed by atoms with Crippen molar-refractivity contribution in [1.29, 1.82) is 0 Å². The van der Waals surface area contributed by atoms with Crippen molar-refractivity contribution < 1.29 is 24.5 Å². The first-order valence-corrected chi connectivity index (χ1v) is 11.0. The van der Waals surface area contributed by atoms with Crippen LogP contribution in [0.5, 0.6) is 5.75 Å². The standard InChI is InChI=1S/C23H36N2O5/c1-4-5-13-30-22-16(2)8-9-19(17(22)3)23(29)24-14-18-10-12-25(15-20(18)26)11-6-7-21(27)28/h8-9,18,20,26H,4-7,10-15H2,1-3H3,(H,24,29)(H,27,28)/t18-,20+/m0/s1. The maximum Gasteiger partial charge on any atom is 0.303 e. The van der Waals surface area contributed by atoms with Crippen molar-refractivity contribution in [1.82, 2.24) is 10.2 Å². The van der Waals surface area contributed by atoms with Crippen molar-refractivity contribution in [3.63, 3.8) is 0 Å². The number of piperidine rings is 1. The summed E-state index contributed by atoms with van der Waals surface area (Å²) >= 11 is 0. The van der Waals surface area contributed by atoms with Gasteiger partial charge < -0.3 is 25.2 Å². The highest BCUT2D eigenvalue weighted by molar-refractivity contribution is 5.96. The zero-order chi connectivity index (χ0) is 22.1. The Bertz CT molecular complexity index is 722. The van der Waals surface area contributed by atoms with Gasteiger partial charge in [-0.25, -0.2) is 0 Å². The van der Waals surface area contributed by atoms with Gasteiger partial charge in [0.1, 0.15) is 5.75 Å². The van der Waals surface area contributed by atoms with Gasteiger partial charge in [-0.3, -0.25) is 9.59 Å². The molecule has 0 bridgehead atoms. The highest BCUT2D eigenvalue weighted by Crippen LogP contribution is 2.27. The Kier molecular flexibility index (Phi) is 9.59.